The standard InChI is InChI=1S/C45H79N7O3/c1-6-13-34-39-44(7-2)41(52(34)5)27(4)35(18-28-21-43(22-28)16-12-17-43)55-24-26(3)48-38-33(25-54-31-19-30(47)20-31)50-37-32(23-46)49-40(45(37,38)42(44)53)36(51-39)29-14-10-8-9-11-15-29/h26-41,48-51H,6-25,46-47H2,1-5H3/t26-,27+,30?,31?,32+,33-,34+,35-,36+,37?,38?,39?,40?,41?,44?,45?/m1/s1. The van der Waals surface area contributed by atoms with Crippen molar-refractivity contribution in [3.8, 4) is 0 Å². The van der Waals surface area contributed by atoms with E-state index in [9.17, 15) is 0 Å². The second-order valence-electron chi connectivity index (χ2n) is 21.1. The van der Waals surface area contributed by atoms with Crippen LogP contribution in [0.25, 0.3) is 0 Å². The molecule has 4 saturated carbocycles. The number of carbonyl (C=O) groups excluding carboxylic acids is 1. The molecule has 8 N–H and O–H groups in total. The summed E-state index contributed by atoms with van der Waals surface area (Å²) in [6, 6.07) is 0.752. The van der Waals surface area contributed by atoms with Gasteiger partial charge < -0.3 is 42.2 Å². The first kappa shape index (κ1) is 39.8. The predicted molar refractivity (Wildman–Crippen MR) is 219 cm³/mol. The molecular weight excluding hydrogens is 687 g/mol. The monoisotopic (exact) mass is 766 g/mol. The molecule has 4 aliphatic carbocycles. The maximum atomic E-state index is 17.2. The summed E-state index contributed by atoms with van der Waals surface area (Å²) in [5.74, 6) is 1.97. The summed E-state index contributed by atoms with van der Waals surface area (Å²) in [6.07, 6.45) is 21.0. The van der Waals surface area contributed by atoms with Crippen LogP contribution in [0.4, 0.5) is 0 Å². The minimum Gasteiger partial charge on any atom is -0.376 e. The van der Waals surface area contributed by atoms with Crippen molar-refractivity contribution in [1.29, 1.82) is 0 Å². The van der Waals surface area contributed by atoms with Crippen molar-refractivity contribution in [2.24, 2.45) is 45.5 Å². The van der Waals surface area contributed by atoms with Crippen LogP contribution in [-0.4, -0.2) is 116 Å². The molecule has 7 unspecified atom stereocenters. The van der Waals surface area contributed by atoms with Gasteiger partial charge >= 0.3 is 0 Å². The highest BCUT2D eigenvalue weighted by Gasteiger charge is 2.78. The first-order valence-electron chi connectivity index (χ1n) is 23.6. The van der Waals surface area contributed by atoms with Crippen LogP contribution in [0.3, 0.4) is 0 Å². The Morgan fingerprint density at radius 1 is 0.909 bits per heavy atom. The first-order valence-corrected chi connectivity index (χ1v) is 23.6. The van der Waals surface area contributed by atoms with Crippen LogP contribution in [0.15, 0.2) is 0 Å². The Morgan fingerprint density at radius 3 is 2.25 bits per heavy atom. The normalized spacial score (nSPS) is 50.1. The Labute approximate surface area is 333 Å². The number of carbonyl (C=O) groups is 1. The maximum Gasteiger partial charge on any atom is 0.153 e. The van der Waals surface area contributed by atoms with Crippen LogP contribution in [0.2, 0.25) is 0 Å². The van der Waals surface area contributed by atoms with Gasteiger partial charge in [-0.25, -0.2) is 0 Å². The van der Waals surface area contributed by atoms with Crippen molar-refractivity contribution in [3.63, 3.8) is 0 Å². The molecule has 5 heterocycles. The molecule has 14 atom stereocenters. The summed E-state index contributed by atoms with van der Waals surface area (Å²) < 4.78 is 14.0. The SMILES string of the molecule is CCC[C@H]1C2N[C@@H](C3CCCCCC3)C3N[C@@H](CN)C4N[C@H](COC5CC(N)C5)C5N[C@H](C)CO[C@H](CC6CC7(CCC7)C6)[C@H](C)C(N1C)C2(CC)C(=O)C345. The van der Waals surface area contributed by atoms with Crippen LogP contribution < -0.4 is 32.7 Å². The van der Waals surface area contributed by atoms with E-state index in [2.05, 4.69) is 60.9 Å². The summed E-state index contributed by atoms with van der Waals surface area (Å²) in [6.45, 7) is 11.2. The van der Waals surface area contributed by atoms with Crippen LogP contribution in [-0.2, 0) is 14.3 Å². The molecule has 5 aliphatic heterocycles. The largest absolute Gasteiger partial charge is 0.376 e. The minimum atomic E-state index is -0.693. The molecule has 312 valence electrons. The number of ketones is 1. The molecule has 0 amide bonds. The van der Waals surface area contributed by atoms with Crippen molar-refractivity contribution in [2.45, 2.75) is 216 Å². The van der Waals surface area contributed by atoms with E-state index in [1.807, 2.05) is 0 Å². The lowest BCUT2D eigenvalue weighted by Gasteiger charge is -2.55. The lowest BCUT2D eigenvalue weighted by atomic mass is 9.50. The van der Waals surface area contributed by atoms with Gasteiger partial charge in [-0.3, -0.25) is 9.69 Å². The number of ether oxygens (including phenoxy) is 2. The third kappa shape index (κ3) is 6.21. The van der Waals surface area contributed by atoms with E-state index in [0.717, 1.165) is 44.4 Å². The van der Waals surface area contributed by atoms with Crippen molar-refractivity contribution in [3.05, 3.63) is 0 Å². The van der Waals surface area contributed by atoms with Gasteiger partial charge in [-0.05, 0) is 108 Å². The molecule has 9 fully saturated rings. The smallest absolute Gasteiger partial charge is 0.153 e. The van der Waals surface area contributed by atoms with E-state index in [1.54, 1.807) is 0 Å². The number of nitrogens with one attached hydrogen (secondary N) is 4. The third-order valence-electron chi connectivity index (χ3n) is 18.1. The van der Waals surface area contributed by atoms with Crippen LogP contribution in [0.1, 0.15) is 137 Å². The molecule has 10 heteroatoms. The highest BCUT2D eigenvalue weighted by atomic mass is 16.5. The molecule has 5 saturated heterocycles. The third-order valence-corrected chi connectivity index (χ3v) is 18.1. The fourth-order valence-corrected chi connectivity index (χ4v) is 15.5. The number of likely N-dealkylation sites (N-methyl/N-ethyl adjacent to an activating group) is 1. The van der Waals surface area contributed by atoms with E-state index in [-0.39, 0.29) is 78.5 Å². The zero-order valence-electron chi connectivity index (χ0n) is 35.2. The zero-order chi connectivity index (χ0) is 38.3. The van der Waals surface area contributed by atoms with Crippen LogP contribution in [0, 0.1) is 34.0 Å². The van der Waals surface area contributed by atoms with Gasteiger partial charge in [-0.15, -0.1) is 0 Å². The molecule has 0 radical (unpaired) electrons. The van der Waals surface area contributed by atoms with E-state index < -0.39 is 10.8 Å². The van der Waals surface area contributed by atoms with Crippen molar-refractivity contribution < 1.29 is 14.3 Å². The Balaban J connectivity index is 1.19. The molecule has 10 nitrogen and oxygen atoms in total. The van der Waals surface area contributed by atoms with Gasteiger partial charge in [0, 0.05) is 73.0 Å². The average molecular weight is 766 g/mol. The molecule has 2 bridgehead atoms. The number of hydrogen-bond acceptors (Lipinski definition) is 10. The lowest BCUT2D eigenvalue weighted by Crippen LogP contribution is -2.67. The molecule has 0 aromatic carbocycles. The number of rotatable bonds is 10. The zero-order valence-corrected chi connectivity index (χ0v) is 35.2. The Hall–Kier alpha value is -0.690. The van der Waals surface area contributed by atoms with E-state index in [4.69, 9.17) is 20.9 Å². The highest BCUT2D eigenvalue weighted by Crippen LogP contribution is 2.62. The number of Topliss-reactive ketones (excluding diaryl/α,β-unsaturated/α-hetero) is 1. The fourth-order valence-electron chi connectivity index (χ4n) is 15.5. The Kier molecular flexibility index (Phi) is 11.1. The van der Waals surface area contributed by atoms with Gasteiger partial charge in [0.2, 0.25) is 0 Å². The second kappa shape index (κ2) is 15.4. The molecule has 0 aromatic heterocycles. The van der Waals surface area contributed by atoms with Gasteiger partial charge in [0.25, 0.3) is 0 Å². The van der Waals surface area contributed by atoms with Crippen molar-refractivity contribution in [1.82, 2.24) is 26.2 Å². The average Bonchev–Trinajstić information content (AvgIpc) is 3.53. The summed E-state index contributed by atoms with van der Waals surface area (Å²) >= 11 is 0. The molecule has 9 aliphatic rings. The van der Waals surface area contributed by atoms with Crippen molar-refractivity contribution in [2.75, 3.05) is 26.8 Å². The van der Waals surface area contributed by atoms with Crippen molar-refractivity contribution >= 4 is 5.78 Å². The first-order chi connectivity index (χ1) is 26.6. The highest BCUT2D eigenvalue weighted by molar-refractivity contribution is 5.96. The summed E-state index contributed by atoms with van der Waals surface area (Å²) in [5, 5.41) is 17.2. The molecule has 0 aromatic rings. The number of nitrogens with zero attached hydrogens (tertiary/aromatic N) is 1. The van der Waals surface area contributed by atoms with Gasteiger partial charge in [-0.2, -0.15) is 0 Å². The molecule has 2 spiro atoms. The summed E-state index contributed by atoms with van der Waals surface area (Å²) in [4.78, 5) is 19.9. The van der Waals surface area contributed by atoms with E-state index in [0.29, 0.717) is 42.9 Å². The van der Waals surface area contributed by atoms with Gasteiger partial charge in [-0.1, -0.05) is 59.3 Å². The quantitative estimate of drug-likeness (QED) is 0.179. The van der Waals surface area contributed by atoms with Gasteiger partial charge in [0.1, 0.15) is 0 Å². The van der Waals surface area contributed by atoms with E-state index >= 15 is 4.79 Å². The fraction of sp³-hybridized carbons (Fsp3) is 0.978. The molecular formula is C45H79N7O3. The predicted octanol–water partition coefficient (Wildman–Crippen LogP) is 4.23. The Bertz CT molecular complexity index is 1360. The molecule has 9 rings (SSSR count). The minimum absolute atomic E-state index is 0.00392. The van der Waals surface area contributed by atoms with E-state index in [1.165, 1.54) is 70.6 Å². The van der Waals surface area contributed by atoms with Crippen LogP contribution >= 0.6 is 0 Å². The van der Waals surface area contributed by atoms with Crippen LogP contribution in [0.5, 0.6) is 0 Å². The number of nitrogens with two attached hydrogens (primary N) is 2. The molecule has 55 heavy (non-hydrogen) atoms. The second-order valence-corrected chi connectivity index (χ2v) is 21.1. The lowest BCUT2D eigenvalue weighted by molar-refractivity contribution is -0.145. The number of hydrogen-bond donors (Lipinski definition) is 6. The topological polar surface area (TPSA) is 139 Å². The summed E-state index contributed by atoms with van der Waals surface area (Å²) in [7, 11) is 2.39. The maximum absolute atomic E-state index is 17.2. The summed E-state index contributed by atoms with van der Waals surface area (Å²) in [5.41, 5.74) is 12.4. The van der Waals surface area contributed by atoms with Gasteiger partial charge in [0.15, 0.2) is 5.78 Å². The Morgan fingerprint density at radius 2 is 1.62 bits per heavy atom. The number of likely N-dealkylation sites (tertiary alicyclic amines) is 1. The van der Waals surface area contributed by atoms with Gasteiger partial charge in [0.05, 0.1) is 36.3 Å².